The SMILES string of the molecule is CCCCCCCCCCCCCCCCCCOC(=O)CC(O)(CC(=O)O)C(=O)O.[H-].[Na+]. The molecular formula is C24H45NaO7. The number of aliphatic carboxylic acids is 2. The van der Waals surface area contributed by atoms with Crippen LogP contribution in [0.1, 0.15) is 124 Å². The van der Waals surface area contributed by atoms with Crippen LogP contribution in [-0.2, 0) is 19.1 Å². The molecule has 0 aromatic rings. The number of carboxylic acid groups (broad SMARTS) is 2. The zero-order valence-electron chi connectivity index (χ0n) is 21.4. The average molecular weight is 469 g/mol. The zero-order valence-corrected chi connectivity index (χ0v) is 22.4. The number of ether oxygens (including phenoxy) is 1. The Bertz CT molecular complexity index is 505. The van der Waals surface area contributed by atoms with E-state index >= 15 is 0 Å². The van der Waals surface area contributed by atoms with E-state index in [1.54, 1.807) is 0 Å². The fourth-order valence-electron chi connectivity index (χ4n) is 3.59. The number of carbonyl (C=O) groups excluding carboxylic acids is 1. The van der Waals surface area contributed by atoms with Crippen molar-refractivity contribution in [3.05, 3.63) is 0 Å². The van der Waals surface area contributed by atoms with Crippen molar-refractivity contribution in [3.63, 3.8) is 0 Å². The predicted molar refractivity (Wildman–Crippen MR) is 121 cm³/mol. The summed E-state index contributed by atoms with van der Waals surface area (Å²) in [5.41, 5.74) is -2.63. The van der Waals surface area contributed by atoms with Gasteiger partial charge in [0, 0.05) is 0 Å². The van der Waals surface area contributed by atoms with E-state index in [0.29, 0.717) is 6.42 Å². The summed E-state index contributed by atoms with van der Waals surface area (Å²) in [6, 6.07) is 0. The Morgan fingerprint density at radius 2 is 1.06 bits per heavy atom. The van der Waals surface area contributed by atoms with Crippen LogP contribution in [0.4, 0.5) is 0 Å². The zero-order chi connectivity index (χ0) is 23.4. The molecule has 184 valence electrons. The number of unbranched alkanes of at least 4 members (excludes halogenated alkanes) is 15. The van der Waals surface area contributed by atoms with Gasteiger partial charge in [-0.05, 0) is 6.42 Å². The number of esters is 1. The van der Waals surface area contributed by atoms with E-state index in [0.717, 1.165) is 19.3 Å². The van der Waals surface area contributed by atoms with Crippen molar-refractivity contribution in [1.82, 2.24) is 0 Å². The molecule has 1 unspecified atom stereocenters. The van der Waals surface area contributed by atoms with Crippen molar-refractivity contribution < 1.29 is 65.4 Å². The Hall–Kier alpha value is -0.630. The van der Waals surface area contributed by atoms with Crippen molar-refractivity contribution >= 4 is 17.9 Å². The van der Waals surface area contributed by atoms with E-state index in [4.69, 9.17) is 14.9 Å². The van der Waals surface area contributed by atoms with Crippen molar-refractivity contribution in [2.24, 2.45) is 0 Å². The van der Waals surface area contributed by atoms with Gasteiger partial charge in [0.2, 0.25) is 0 Å². The number of carbonyl (C=O) groups is 3. The molecule has 0 aliphatic rings. The molecule has 0 saturated heterocycles. The number of hydrogen-bond acceptors (Lipinski definition) is 5. The molecule has 0 aromatic carbocycles. The molecule has 0 aliphatic heterocycles. The molecular weight excluding hydrogens is 423 g/mol. The van der Waals surface area contributed by atoms with Crippen LogP contribution in [0, 0.1) is 0 Å². The molecule has 0 radical (unpaired) electrons. The van der Waals surface area contributed by atoms with E-state index in [1.165, 1.54) is 77.0 Å². The second-order valence-electron chi connectivity index (χ2n) is 8.61. The summed E-state index contributed by atoms with van der Waals surface area (Å²) in [4.78, 5) is 33.3. The van der Waals surface area contributed by atoms with Gasteiger partial charge in [0.1, 0.15) is 0 Å². The first-order valence-electron chi connectivity index (χ1n) is 12.1. The normalized spacial score (nSPS) is 12.6. The third kappa shape index (κ3) is 20.0. The van der Waals surface area contributed by atoms with Gasteiger partial charge in [-0.15, -0.1) is 0 Å². The minimum Gasteiger partial charge on any atom is -1.00 e. The number of aliphatic hydroxyl groups is 1. The van der Waals surface area contributed by atoms with Crippen LogP contribution in [0.25, 0.3) is 0 Å². The van der Waals surface area contributed by atoms with Gasteiger partial charge in [-0.1, -0.05) is 103 Å². The van der Waals surface area contributed by atoms with Crippen LogP contribution in [-0.4, -0.2) is 45.4 Å². The van der Waals surface area contributed by atoms with E-state index in [-0.39, 0.29) is 37.6 Å². The average Bonchev–Trinajstić information content (AvgIpc) is 2.69. The molecule has 8 heteroatoms. The summed E-state index contributed by atoms with van der Waals surface area (Å²) in [5, 5.41) is 27.4. The first-order valence-corrected chi connectivity index (χ1v) is 12.1. The van der Waals surface area contributed by atoms with Crippen LogP contribution in [0.15, 0.2) is 0 Å². The summed E-state index contributed by atoms with van der Waals surface area (Å²) in [6.07, 6.45) is 18.0. The first kappa shape index (κ1) is 33.5. The summed E-state index contributed by atoms with van der Waals surface area (Å²) < 4.78 is 4.93. The van der Waals surface area contributed by atoms with Gasteiger partial charge in [-0.2, -0.15) is 0 Å². The van der Waals surface area contributed by atoms with Crippen molar-refractivity contribution in [1.29, 1.82) is 0 Å². The summed E-state index contributed by atoms with van der Waals surface area (Å²) in [7, 11) is 0. The van der Waals surface area contributed by atoms with Gasteiger partial charge in [-0.3, -0.25) is 9.59 Å². The minimum atomic E-state index is -2.63. The van der Waals surface area contributed by atoms with Gasteiger partial charge in [0.05, 0.1) is 19.4 Å². The molecule has 1 atom stereocenters. The van der Waals surface area contributed by atoms with Crippen LogP contribution < -0.4 is 29.6 Å². The predicted octanol–water partition coefficient (Wildman–Crippen LogP) is 2.59. The van der Waals surface area contributed by atoms with Crippen LogP contribution in [0.5, 0.6) is 0 Å². The molecule has 0 aliphatic carbocycles. The summed E-state index contributed by atoms with van der Waals surface area (Å²) in [6.45, 7) is 2.40. The molecule has 32 heavy (non-hydrogen) atoms. The Morgan fingerprint density at radius 1 is 0.688 bits per heavy atom. The maximum absolute atomic E-state index is 11.7. The first-order chi connectivity index (χ1) is 14.8. The largest absolute Gasteiger partial charge is 1.00 e. The monoisotopic (exact) mass is 468 g/mol. The summed E-state index contributed by atoms with van der Waals surface area (Å²) in [5.74, 6) is -4.13. The molecule has 0 bridgehead atoms. The molecule has 3 N–H and O–H groups in total. The molecule has 7 nitrogen and oxygen atoms in total. The summed E-state index contributed by atoms with van der Waals surface area (Å²) >= 11 is 0. The van der Waals surface area contributed by atoms with Crippen LogP contribution in [0.2, 0.25) is 0 Å². The Kier molecular flexibility index (Phi) is 23.2. The molecule has 0 spiro atoms. The minimum absolute atomic E-state index is 0. The van der Waals surface area contributed by atoms with Crippen molar-refractivity contribution in [3.8, 4) is 0 Å². The third-order valence-electron chi connectivity index (χ3n) is 5.54. The Morgan fingerprint density at radius 3 is 1.41 bits per heavy atom. The van der Waals surface area contributed by atoms with Crippen LogP contribution in [0.3, 0.4) is 0 Å². The second-order valence-corrected chi connectivity index (χ2v) is 8.61. The van der Waals surface area contributed by atoms with Crippen molar-refractivity contribution in [2.75, 3.05) is 6.61 Å². The van der Waals surface area contributed by atoms with Crippen molar-refractivity contribution in [2.45, 2.75) is 128 Å². The smallest absolute Gasteiger partial charge is 1.00 e. The van der Waals surface area contributed by atoms with E-state index in [2.05, 4.69) is 6.92 Å². The van der Waals surface area contributed by atoms with Gasteiger partial charge in [0.25, 0.3) is 0 Å². The Labute approximate surface area is 217 Å². The fourth-order valence-corrected chi connectivity index (χ4v) is 3.59. The second kappa shape index (κ2) is 22.2. The van der Waals surface area contributed by atoms with E-state index < -0.39 is 36.4 Å². The molecule has 0 rings (SSSR count). The topological polar surface area (TPSA) is 121 Å². The number of rotatable bonds is 22. The quantitative estimate of drug-likeness (QED) is 0.127. The molecule has 0 aromatic heterocycles. The van der Waals surface area contributed by atoms with E-state index in [1.807, 2.05) is 0 Å². The maximum Gasteiger partial charge on any atom is 1.00 e. The number of carboxylic acids is 2. The standard InChI is InChI=1S/C24H44O7.Na.H/c1-2-3-4-5-6-7-8-9-10-11-12-13-14-15-16-17-18-31-22(27)20-24(30,23(28)29)19-21(25)26;;/h30H,2-20H2,1H3,(H,25,26)(H,28,29);;/q;+1;-1. The molecule has 0 amide bonds. The van der Waals surface area contributed by atoms with E-state index in [9.17, 15) is 19.5 Å². The van der Waals surface area contributed by atoms with Gasteiger partial charge >= 0.3 is 47.5 Å². The van der Waals surface area contributed by atoms with Gasteiger partial charge in [0.15, 0.2) is 5.60 Å². The fraction of sp³-hybridized carbons (Fsp3) is 0.875. The maximum atomic E-state index is 11.7. The molecule has 0 saturated carbocycles. The van der Waals surface area contributed by atoms with Crippen LogP contribution >= 0.6 is 0 Å². The number of hydrogen-bond donors (Lipinski definition) is 3. The van der Waals surface area contributed by atoms with Gasteiger partial charge in [-0.25, -0.2) is 4.79 Å². The third-order valence-corrected chi connectivity index (χ3v) is 5.54. The van der Waals surface area contributed by atoms with Gasteiger partial charge < -0.3 is 21.5 Å². The molecule has 0 fully saturated rings. The Balaban J connectivity index is -0.00000450. The molecule has 0 heterocycles.